The molecule has 2 aromatic rings. The molecule has 0 radical (unpaired) electrons. The number of carbonyl (C=O) groups excluding carboxylic acids is 3. The number of carbonyl (C=O) groups is 3. The van der Waals surface area contributed by atoms with Crippen LogP contribution in [0.4, 0.5) is 0 Å². The number of benzene rings is 1. The highest BCUT2D eigenvalue weighted by atomic mass is 16.2. The highest BCUT2D eigenvalue weighted by molar-refractivity contribution is 6.09. The van der Waals surface area contributed by atoms with Crippen LogP contribution in [0.2, 0.25) is 0 Å². The SMILES string of the molecule is Cn1cnc(-c2ccc3c(c2)CN(C2CCC(=O)NC2=O)C3=O)c1C(=N)/C=C\N. The third-order valence-electron chi connectivity index (χ3n) is 5.25. The van der Waals surface area contributed by atoms with Gasteiger partial charge in [-0.25, -0.2) is 4.98 Å². The Kier molecular flexibility index (Phi) is 4.50. The Morgan fingerprint density at radius 3 is 2.86 bits per heavy atom. The molecule has 0 saturated carbocycles. The highest BCUT2D eigenvalue weighted by Gasteiger charge is 2.39. The molecule has 1 atom stereocenters. The van der Waals surface area contributed by atoms with E-state index in [1.807, 2.05) is 6.07 Å². The van der Waals surface area contributed by atoms with Gasteiger partial charge in [-0.15, -0.1) is 0 Å². The Bertz CT molecular complexity index is 1080. The summed E-state index contributed by atoms with van der Waals surface area (Å²) >= 11 is 0. The van der Waals surface area contributed by atoms with Crippen molar-refractivity contribution in [2.24, 2.45) is 12.8 Å². The summed E-state index contributed by atoms with van der Waals surface area (Å²) in [6.07, 6.45) is 4.96. The van der Waals surface area contributed by atoms with Crippen molar-refractivity contribution in [1.82, 2.24) is 19.8 Å². The fraction of sp³-hybridized carbons (Fsp3) is 0.250. The van der Waals surface area contributed by atoms with Crippen LogP contribution < -0.4 is 11.1 Å². The van der Waals surface area contributed by atoms with Crippen LogP contribution in [0.3, 0.4) is 0 Å². The van der Waals surface area contributed by atoms with E-state index in [-0.39, 0.29) is 30.5 Å². The molecule has 0 spiro atoms. The number of piperidine rings is 1. The van der Waals surface area contributed by atoms with Crippen LogP contribution in [0, 0.1) is 5.41 Å². The molecule has 1 unspecified atom stereocenters. The molecule has 2 aliphatic heterocycles. The van der Waals surface area contributed by atoms with Crippen molar-refractivity contribution in [3.63, 3.8) is 0 Å². The predicted octanol–water partition coefficient (Wildman–Crippen LogP) is 0.688. The second-order valence-corrected chi connectivity index (χ2v) is 7.10. The molecule has 3 amide bonds. The lowest BCUT2D eigenvalue weighted by Gasteiger charge is -2.29. The molecule has 1 fully saturated rings. The van der Waals surface area contributed by atoms with E-state index in [9.17, 15) is 14.4 Å². The molecule has 4 rings (SSSR count). The number of amides is 3. The number of allylic oxidation sites excluding steroid dienone is 1. The first kappa shape index (κ1) is 18.6. The van der Waals surface area contributed by atoms with Crippen LogP contribution in [0.25, 0.3) is 11.3 Å². The van der Waals surface area contributed by atoms with Crippen LogP contribution >= 0.6 is 0 Å². The second-order valence-electron chi connectivity index (χ2n) is 7.10. The van der Waals surface area contributed by atoms with Crippen molar-refractivity contribution in [2.75, 3.05) is 0 Å². The summed E-state index contributed by atoms with van der Waals surface area (Å²) in [5.41, 5.74) is 8.97. The smallest absolute Gasteiger partial charge is 0.255 e. The number of nitrogens with one attached hydrogen (secondary N) is 2. The van der Waals surface area contributed by atoms with Crippen molar-refractivity contribution in [3.8, 4) is 11.3 Å². The maximum Gasteiger partial charge on any atom is 0.255 e. The molecule has 2 aliphatic rings. The van der Waals surface area contributed by atoms with E-state index < -0.39 is 11.9 Å². The molecule has 9 nitrogen and oxygen atoms in total. The number of imide groups is 1. The predicted molar refractivity (Wildman–Crippen MR) is 105 cm³/mol. The van der Waals surface area contributed by atoms with Crippen LogP contribution in [-0.4, -0.2) is 43.9 Å². The molecular weight excluding hydrogens is 372 g/mol. The third kappa shape index (κ3) is 3.10. The van der Waals surface area contributed by atoms with Gasteiger partial charge in [-0.05, 0) is 36.4 Å². The largest absolute Gasteiger partial charge is 0.405 e. The molecule has 4 N–H and O–H groups in total. The van der Waals surface area contributed by atoms with Gasteiger partial charge in [0.1, 0.15) is 6.04 Å². The number of nitrogens with two attached hydrogens (primary N) is 1. The Balaban J connectivity index is 1.66. The summed E-state index contributed by atoms with van der Waals surface area (Å²) in [4.78, 5) is 42.3. The van der Waals surface area contributed by atoms with Crippen LogP contribution in [0.1, 0.15) is 34.5 Å². The summed E-state index contributed by atoms with van der Waals surface area (Å²) in [6, 6.07) is 4.73. The number of nitrogens with zero attached hydrogens (tertiary/aromatic N) is 3. The van der Waals surface area contributed by atoms with E-state index in [2.05, 4.69) is 10.3 Å². The third-order valence-corrected chi connectivity index (χ3v) is 5.25. The van der Waals surface area contributed by atoms with Gasteiger partial charge in [0, 0.05) is 31.1 Å². The summed E-state index contributed by atoms with van der Waals surface area (Å²) in [7, 11) is 1.80. The molecule has 9 heteroatoms. The van der Waals surface area contributed by atoms with Crippen molar-refractivity contribution in [2.45, 2.75) is 25.4 Å². The van der Waals surface area contributed by atoms with E-state index >= 15 is 0 Å². The minimum atomic E-state index is -0.649. The van der Waals surface area contributed by atoms with Crippen LogP contribution in [-0.2, 0) is 23.2 Å². The zero-order chi connectivity index (χ0) is 20.7. The Labute approximate surface area is 166 Å². The van der Waals surface area contributed by atoms with Gasteiger partial charge in [0.25, 0.3) is 5.91 Å². The van der Waals surface area contributed by atoms with Gasteiger partial charge in [-0.2, -0.15) is 0 Å². The lowest BCUT2D eigenvalue weighted by atomic mass is 10.0. The molecule has 29 heavy (non-hydrogen) atoms. The number of aryl methyl sites for hydroxylation is 1. The molecular formula is C20H20N6O3. The number of fused-ring (bicyclic) bond motifs is 1. The van der Waals surface area contributed by atoms with Crippen LogP contribution in [0.5, 0.6) is 0 Å². The average Bonchev–Trinajstić information content (AvgIpc) is 3.22. The van der Waals surface area contributed by atoms with Gasteiger partial charge in [-0.1, -0.05) is 6.07 Å². The number of aromatic nitrogens is 2. The lowest BCUT2D eigenvalue weighted by molar-refractivity contribution is -0.136. The monoisotopic (exact) mass is 392 g/mol. The van der Waals surface area contributed by atoms with Gasteiger partial charge in [-0.3, -0.25) is 25.1 Å². The van der Waals surface area contributed by atoms with Crippen LogP contribution in [0.15, 0.2) is 36.8 Å². The van der Waals surface area contributed by atoms with Crippen molar-refractivity contribution in [1.29, 1.82) is 5.41 Å². The Hall–Kier alpha value is -3.75. The summed E-state index contributed by atoms with van der Waals surface area (Å²) in [5, 5.41) is 10.5. The van der Waals surface area contributed by atoms with E-state index in [1.54, 1.807) is 30.1 Å². The zero-order valence-electron chi connectivity index (χ0n) is 15.8. The molecule has 1 aromatic carbocycles. The number of rotatable bonds is 4. The van der Waals surface area contributed by atoms with Crippen molar-refractivity contribution >= 4 is 23.4 Å². The van der Waals surface area contributed by atoms with Gasteiger partial charge < -0.3 is 15.2 Å². The molecule has 3 heterocycles. The molecule has 0 bridgehead atoms. The molecule has 148 valence electrons. The fourth-order valence-corrected chi connectivity index (χ4v) is 3.86. The van der Waals surface area contributed by atoms with Gasteiger partial charge in [0.05, 0.1) is 23.4 Å². The zero-order valence-corrected chi connectivity index (χ0v) is 15.8. The summed E-state index contributed by atoms with van der Waals surface area (Å²) in [5.74, 6) is -0.966. The Morgan fingerprint density at radius 1 is 1.34 bits per heavy atom. The molecule has 0 aliphatic carbocycles. The summed E-state index contributed by atoms with van der Waals surface area (Å²) < 4.78 is 1.74. The second kappa shape index (κ2) is 7.01. The van der Waals surface area contributed by atoms with Gasteiger partial charge in [0.15, 0.2) is 0 Å². The summed E-state index contributed by atoms with van der Waals surface area (Å²) in [6.45, 7) is 0.288. The standard InChI is InChI=1S/C20H20N6O3/c1-25-10-23-17(18(25)14(22)6-7-21)11-2-3-13-12(8-11)9-26(20(13)29)15-4-5-16(27)24-19(15)28/h2-3,6-8,10,15,22H,4-5,9,21H2,1H3,(H,24,27,28)/b7-6-,22-14?. The minimum Gasteiger partial charge on any atom is -0.405 e. The van der Waals surface area contributed by atoms with E-state index in [1.165, 1.54) is 17.2 Å². The molecule has 1 aromatic heterocycles. The quantitative estimate of drug-likeness (QED) is 0.520. The number of hydrogen-bond acceptors (Lipinski definition) is 6. The minimum absolute atomic E-state index is 0.218. The highest BCUT2D eigenvalue weighted by Crippen LogP contribution is 2.32. The Morgan fingerprint density at radius 2 is 2.14 bits per heavy atom. The van der Waals surface area contributed by atoms with Gasteiger partial charge >= 0.3 is 0 Å². The first-order chi connectivity index (χ1) is 13.9. The van der Waals surface area contributed by atoms with E-state index in [0.717, 1.165) is 11.1 Å². The first-order valence-corrected chi connectivity index (χ1v) is 9.17. The maximum absolute atomic E-state index is 12.8. The van der Waals surface area contributed by atoms with Crippen molar-refractivity contribution in [3.05, 3.63) is 53.6 Å². The normalized spacial score (nSPS) is 19.0. The topological polar surface area (TPSA) is 134 Å². The molecule has 1 saturated heterocycles. The fourth-order valence-electron chi connectivity index (χ4n) is 3.86. The lowest BCUT2D eigenvalue weighted by Crippen LogP contribution is -2.52. The number of hydrogen-bond donors (Lipinski definition) is 3. The van der Waals surface area contributed by atoms with E-state index in [4.69, 9.17) is 11.1 Å². The maximum atomic E-state index is 12.8. The number of imidazole rings is 1. The average molecular weight is 392 g/mol. The van der Waals surface area contributed by atoms with Crippen molar-refractivity contribution < 1.29 is 14.4 Å². The first-order valence-electron chi connectivity index (χ1n) is 9.17. The van der Waals surface area contributed by atoms with E-state index in [0.29, 0.717) is 23.4 Å². The van der Waals surface area contributed by atoms with Gasteiger partial charge in [0.2, 0.25) is 11.8 Å².